The second kappa shape index (κ2) is 5.57. The van der Waals surface area contributed by atoms with E-state index in [9.17, 15) is 13.2 Å². The number of hydrogen-bond donors (Lipinski definition) is 0. The largest absolute Gasteiger partial charge is 0.465 e. The molecule has 7 nitrogen and oxygen atoms in total. The Morgan fingerprint density at radius 1 is 1.29 bits per heavy atom. The molecule has 0 unspecified atom stereocenters. The van der Waals surface area contributed by atoms with E-state index in [1.165, 1.54) is 45.2 Å². The summed E-state index contributed by atoms with van der Waals surface area (Å²) in [5.41, 5.74) is 0.389. The Labute approximate surface area is 121 Å². The molecule has 0 bridgehead atoms. The molecular formula is C13H13NO6S. The van der Waals surface area contributed by atoms with E-state index in [2.05, 4.69) is 9.89 Å². The molecule has 0 aliphatic rings. The smallest absolute Gasteiger partial charge is 0.344 e. The molecule has 0 radical (unpaired) electrons. The Kier molecular flexibility index (Phi) is 3.99. The highest BCUT2D eigenvalue weighted by Gasteiger charge is 2.26. The summed E-state index contributed by atoms with van der Waals surface area (Å²) in [6.07, 6.45) is 0. The van der Waals surface area contributed by atoms with Crippen molar-refractivity contribution in [3.8, 4) is 5.75 Å². The number of hydrogen-bond acceptors (Lipinski definition) is 7. The van der Waals surface area contributed by atoms with Gasteiger partial charge in [0.1, 0.15) is 11.4 Å². The van der Waals surface area contributed by atoms with Crippen LogP contribution in [0.3, 0.4) is 0 Å². The van der Waals surface area contributed by atoms with Crippen LogP contribution in [0, 0.1) is 13.8 Å². The van der Waals surface area contributed by atoms with Gasteiger partial charge >= 0.3 is 16.1 Å². The number of rotatable bonds is 4. The summed E-state index contributed by atoms with van der Waals surface area (Å²) < 4.78 is 38.8. The summed E-state index contributed by atoms with van der Waals surface area (Å²) in [7, 11) is -2.86. The lowest BCUT2D eigenvalue weighted by Gasteiger charge is -2.07. The molecule has 0 atom stereocenters. The Balaban J connectivity index is 2.36. The fraction of sp³-hybridized carbons (Fsp3) is 0.231. The van der Waals surface area contributed by atoms with Crippen LogP contribution in [0.1, 0.15) is 21.8 Å². The van der Waals surface area contributed by atoms with Crippen molar-refractivity contribution in [1.29, 1.82) is 0 Å². The van der Waals surface area contributed by atoms with Crippen LogP contribution in [0.4, 0.5) is 0 Å². The normalized spacial score (nSPS) is 11.2. The number of esters is 1. The van der Waals surface area contributed by atoms with Crippen LogP contribution in [-0.4, -0.2) is 26.7 Å². The van der Waals surface area contributed by atoms with Crippen LogP contribution in [-0.2, 0) is 14.9 Å². The second-order valence-electron chi connectivity index (χ2n) is 4.21. The third kappa shape index (κ3) is 3.05. The number of ether oxygens (including phenoxy) is 1. The molecule has 8 heteroatoms. The average Bonchev–Trinajstić information content (AvgIpc) is 2.77. The maximum Gasteiger partial charge on any atom is 0.344 e. The molecule has 1 heterocycles. The van der Waals surface area contributed by atoms with Gasteiger partial charge in [0.05, 0.1) is 12.7 Å². The van der Waals surface area contributed by atoms with E-state index in [1.807, 2.05) is 0 Å². The van der Waals surface area contributed by atoms with E-state index >= 15 is 0 Å². The predicted molar refractivity (Wildman–Crippen MR) is 71.6 cm³/mol. The Morgan fingerprint density at radius 2 is 2.00 bits per heavy atom. The van der Waals surface area contributed by atoms with Crippen LogP contribution in [0.2, 0.25) is 0 Å². The molecule has 0 saturated heterocycles. The number of methoxy groups -OCH3 is 1. The molecule has 0 fully saturated rings. The van der Waals surface area contributed by atoms with Gasteiger partial charge in [0, 0.05) is 0 Å². The van der Waals surface area contributed by atoms with Gasteiger partial charge in [-0.2, -0.15) is 8.42 Å². The van der Waals surface area contributed by atoms with E-state index < -0.39 is 16.1 Å². The first-order valence-electron chi connectivity index (χ1n) is 5.91. The lowest BCUT2D eigenvalue weighted by molar-refractivity contribution is 0.0600. The highest BCUT2D eigenvalue weighted by atomic mass is 32.2. The maximum atomic E-state index is 12.2. The van der Waals surface area contributed by atoms with Crippen molar-refractivity contribution in [2.45, 2.75) is 18.7 Å². The quantitative estimate of drug-likeness (QED) is 0.628. The molecule has 0 spiro atoms. The molecule has 0 amide bonds. The summed E-state index contributed by atoms with van der Waals surface area (Å²) in [4.78, 5) is 11.3. The van der Waals surface area contributed by atoms with Crippen molar-refractivity contribution in [3.63, 3.8) is 0 Å². The van der Waals surface area contributed by atoms with Gasteiger partial charge < -0.3 is 13.4 Å². The molecule has 21 heavy (non-hydrogen) atoms. The van der Waals surface area contributed by atoms with Gasteiger partial charge in [-0.1, -0.05) is 11.2 Å². The van der Waals surface area contributed by atoms with Crippen molar-refractivity contribution in [2.24, 2.45) is 0 Å². The monoisotopic (exact) mass is 311 g/mol. The fourth-order valence-electron chi connectivity index (χ4n) is 1.79. The molecule has 2 rings (SSSR count). The standard InChI is InChI=1S/C13H13NO6S/c1-8-12(9(2)19-14-8)21(16,17)20-11-6-4-5-10(7-11)13(15)18-3/h4-7H,1-3H3. The predicted octanol–water partition coefficient (Wildman–Crippen LogP) is 1.85. The number of benzene rings is 1. The van der Waals surface area contributed by atoms with Crippen LogP contribution in [0.5, 0.6) is 5.75 Å². The zero-order chi connectivity index (χ0) is 15.6. The number of aromatic nitrogens is 1. The maximum absolute atomic E-state index is 12.2. The SMILES string of the molecule is COC(=O)c1cccc(OS(=O)(=O)c2c(C)noc2C)c1. The minimum Gasteiger partial charge on any atom is -0.465 e. The lowest BCUT2D eigenvalue weighted by atomic mass is 10.2. The van der Waals surface area contributed by atoms with Gasteiger partial charge in [-0.05, 0) is 32.0 Å². The van der Waals surface area contributed by atoms with Crippen molar-refractivity contribution in [3.05, 3.63) is 41.3 Å². The number of aryl methyl sites for hydroxylation is 2. The molecule has 2 aromatic rings. The Hall–Kier alpha value is -2.35. The van der Waals surface area contributed by atoms with E-state index in [4.69, 9.17) is 8.71 Å². The summed E-state index contributed by atoms with van der Waals surface area (Å²) in [5, 5.41) is 3.57. The van der Waals surface area contributed by atoms with E-state index in [-0.39, 0.29) is 27.7 Å². The number of nitrogens with zero attached hydrogens (tertiary/aromatic N) is 1. The van der Waals surface area contributed by atoms with Crippen LogP contribution < -0.4 is 4.18 Å². The number of carbonyl (C=O) groups excluding carboxylic acids is 1. The highest BCUT2D eigenvalue weighted by molar-refractivity contribution is 7.87. The van der Waals surface area contributed by atoms with E-state index in [1.54, 1.807) is 0 Å². The summed E-state index contributed by atoms with van der Waals surface area (Å²) in [5.74, 6) is -0.454. The average molecular weight is 311 g/mol. The minimum atomic E-state index is -4.09. The zero-order valence-electron chi connectivity index (χ0n) is 11.6. The molecule has 0 aliphatic carbocycles. The van der Waals surface area contributed by atoms with Gasteiger partial charge in [-0.15, -0.1) is 0 Å². The first-order valence-corrected chi connectivity index (χ1v) is 7.31. The van der Waals surface area contributed by atoms with Gasteiger partial charge in [0.15, 0.2) is 10.7 Å². The van der Waals surface area contributed by atoms with Gasteiger partial charge in [0.25, 0.3) is 0 Å². The minimum absolute atomic E-state index is 0.00194. The van der Waals surface area contributed by atoms with Crippen LogP contribution in [0.25, 0.3) is 0 Å². The van der Waals surface area contributed by atoms with Gasteiger partial charge in [-0.25, -0.2) is 4.79 Å². The van der Waals surface area contributed by atoms with Crippen LogP contribution >= 0.6 is 0 Å². The molecule has 0 aliphatic heterocycles. The Bertz CT molecular complexity index is 758. The third-order valence-electron chi connectivity index (χ3n) is 2.68. The number of carbonyl (C=O) groups is 1. The molecule has 1 aromatic carbocycles. The topological polar surface area (TPSA) is 95.7 Å². The first kappa shape index (κ1) is 15.0. The third-order valence-corrected chi connectivity index (χ3v) is 4.17. The molecule has 1 aromatic heterocycles. The second-order valence-corrected chi connectivity index (χ2v) is 5.69. The summed E-state index contributed by atoms with van der Waals surface area (Å²) in [6.45, 7) is 2.97. The molecular weight excluding hydrogens is 298 g/mol. The first-order chi connectivity index (χ1) is 9.85. The zero-order valence-corrected chi connectivity index (χ0v) is 12.4. The van der Waals surface area contributed by atoms with Gasteiger partial charge in [0.2, 0.25) is 0 Å². The van der Waals surface area contributed by atoms with Crippen molar-refractivity contribution in [1.82, 2.24) is 5.16 Å². The van der Waals surface area contributed by atoms with Crippen molar-refractivity contribution in [2.75, 3.05) is 7.11 Å². The van der Waals surface area contributed by atoms with Gasteiger partial charge in [-0.3, -0.25) is 0 Å². The Morgan fingerprint density at radius 3 is 2.57 bits per heavy atom. The van der Waals surface area contributed by atoms with E-state index in [0.717, 1.165) is 0 Å². The van der Waals surface area contributed by atoms with Crippen molar-refractivity contribution >= 4 is 16.1 Å². The molecule has 0 saturated carbocycles. The molecule has 0 N–H and O–H groups in total. The van der Waals surface area contributed by atoms with Crippen molar-refractivity contribution < 1.29 is 26.7 Å². The summed E-state index contributed by atoms with van der Waals surface area (Å²) >= 11 is 0. The van der Waals surface area contributed by atoms with Crippen LogP contribution in [0.15, 0.2) is 33.7 Å². The lowest BCUT2D eigenvalue weighted by Crippen LogP contribution is -2.12. The summed E-state index contributed by atoms with van der Waals surface area (Å²) in [6, 6.07) is 5.68. The fourth-order valence-corrected chi connectivity index (χ4v) is 3.02. The highest BCUT2D eigenvalue weighted by Crippen LogP contribution is 2.24. The molecule has 112 valence electrons. The van der Waals surface area contributed by atoms with E-state index in [0.29, 0.717) is 0 Å².